The largest absolute Gasteiger partial charge is 0.443 e. The molecule has 38 heavy (non-hydrogen) atoms. The van der Waals surface area contributed by atoms with Gasteiger partial charge in [0.05, 0.1) is 23.8 Å². The van der Waals surface area contributed by atoms with Gasteiger partial charge in [0.2, 0.25) is 5.78 Å². The van der Waals surface area contributed by atoms with Crippen LogP contribution in [0.4, 0.5) is 31.1 Å². The van der Waals surface area contributed by atoms with Crippen molar-refractivity contribution in [2.45, 2.75) is 63.7 Å². The highest BCUT2D eigenvalue weighted by molar-refractivity contribution is 6.41. The Morgan fingerprint density at radius 1 is 0.947 bits per heavy atom. The van der Waals surface area contributed by atoms with Gasteiger partial charge in [0.25, 0.3) is 5.91 Å². The quantitative estimate of drug-likeness (QED) is 0.320. The van der Waals surface area contributed by atoms with Crippen molar-refractivity contribution in [3.63, 3.8) is 0 Å². The highest BCUT2D eigenvalue weighted by atomic mass is 19.4. The molecule has 1 fully saturated rings. The lowest BCUT2D eigenvalue weighted by atomic mass is 9.87. The minimum Gasteiger partial charge on any atom is -0.443 e. The summed E-state index contributed by atoms with van der Waals surface area (Å²) in [6.07, 6.45) is -13.1. The van der Waals surface area contributed by atoms with Crippen molar-refractivity contribution >= 4 is 17.8 Å². The molecule has 3 rings (SSSR count). The Morgan fingerprint density at radius 2 is 1.47 bits per heavy atom. The Bertz CT molecular complexity index is 1190. The van der Waals surface area contributed by atoms with E-state index in [2.05, 4.69) is 0 Å². The normalized spacial score (nSPS) is 19.6. The fourth-order valence-corrected chi connectivity index (χ4v) is 4.06. The number of carbonyl (C=O) groups excluding carboxylic acids is 3. The second kappa shape index (κ2) is 10.0. The molecule has 2 atom stereocenters. The highest BCUT2D eigenvalue weighted by Crippen LogP contribution is 2.42. The lowest BCUT2D eigenvalue weighted by Gasteiger charge is -2.38. The number of benzene rings is 2. The molecule has 206 valence electrons. The predicted octanol–water partition coefficient (Wildman–Crippen LogP) is 6.43. The first kappa shape index (κ1) is 29.2. The Morgan fingerprint density at radius 3 is 1.95 bits per heavy atom. The molecule has 12 heteroatoms. The maximum atomic E-state index is 13.3. The maximum absolute atomic E-state index is 13.3. The van der Waals surface area contributed by atoms with Crippen LogP contribution in [-0.2, 0) is 37.0 Å². The summed E-state index contributed by atoms with van der Waals surface area (Å²) in [5.74, 6) is -2.10. The number of hydrogen-bond acceptors (Lipinski definition) is 5. The number of carbonyl (C=O) groups is 3. The van der Waals surface area contributed by atoms with E-state index in [1.807, 2.05) is 0 Å². The van der Waals surface area contributed by atoms with Crippen LogP contribution in [-0.4, -0.2) is 34.9 Å². The van der Waals surface area contributed by atoms with Crippen LogP contribution in [0, 0.1) is 0 Å². The molecule has 2 aromatic carbocycles. The van der Waals surface area contributed by atoms with Crippen LogP contribution in [0.15, 0.2) is 48.5 Å². The van der Waals surface area contributed by atoms with Gasteiger partial charge in [0, 0.05) is 6.42 Å². The molecule has 0 bridgehead atoms. The predicted molar refractivity (Wildman–Crippen MR) is 122 cm³/mol. The van der Waals surface area contributed by atoms with E-state index in [-0.39, 0.29) is 11.6 Å². The monoisotopic (exact) mass is 545 g/mol. The van der Waals surface area contributed by atoms with E-state index in [4.69, 9.17) is 9.47 Å². The average molecular weight is 545 g/mol. The summed E-state index contributed by atoms with van der Waals surface area (Å²) in [7, 11) is 0. The van der Waals surface area contributed by atoms with Crippen molar-refractivity contribution in [1.29, 1.82) is 0 Å². The van der Waals surface area contributed by atoms with Gasteiger partial charge in [-0.15, -0.1) is 0 Å². The van der Waals surface area contributed by atoms with E-state index in [1.165, 1.54) is 19.1 Å². The van der Waals surface area contributed by atoms with Crippen molar-refractivity contribution < 1.29 is 50.2 Å². The third-order valence-corrected chi connectivity index (χ3v) is 5.86. The number of likely N-dealkylation sites (tertiary alicyclic amines) is 1. The van der Waals surface area contributed by atoms with E-state index in [1.54, 1.807) is 39.0 Å². The van der Waals surface area contributed by atoms with Gasteiger partial charge in [-0.3, -0.25) is 9.59 Å². The van der Waals surface area contributed by atoms with Crippen molar-refractivity contribution in [2.75, 3.05) is 6.61 Å². The Balaban J connectivity index is 2.04. The van der Waals surface area contributed by atoms with Crippen LogP contribution < -0.4 is 0 Å². The number of nitrogens with zero attached hydrogens (tertiary/aromatic N) is 1. The molecule has 0 radical (unpaired) electrons. The number of ketones is 1. The van der Waals surface area contributed by atoms with Crippen molar-refractivity contribution in [2.24, 2.45) is 0 Å². The summed E-state index contributed by atoms with van der Waals surface area (Å²) in [5, 5.41) is 0. The third-order valence-electron chi connectivity index (χ3n) is 5.86. The molecule has 2 aromatic rings. The van der Waals surface area contributed by atoms with Crippen LogP contribution in [0.25, 0.3) is 0 Å². The van der Waals surface area contributed by atoms with Crippen LogP contribution in [0.3, 0.4) is 0 Å². The summed E-state index contributed by atoms with van der Waals surface area (Å²) < 4.78 is 91.0. The molecule has 0 unspecified atom stereocenters. The van der Waals surface area contributed by atoms with E-state index in [0.717, 1.165) is 0 Å². The first-order valence-electron chi connectivity index (χ1n) is 11.4. The lowest BCUT2D eigenvalue weighted by molar-refractivity contribution is -0.143. The molecule has 1 aliphatic rings. The summed E-state index contributed by atoms with van der Waals surface area (Å²) in [5.41, 5.74) is -5.98. The van der Waals surface area contributed by atoms with Crippen molar-refractivity contribution in [1.82, 2.24) is 4.90 Å². The first-order chi connectivity index (χ1) is 17.3. The molecule has 0 aromatic heterocycles. The zero-order chi connectivity index (χ0) is 28.7. The maximum Gasteiger partial charge on any atom is 0.418 e. The zero-order valence-electron chi connectivity index (χ0n) is 20.9. The van der Waals surface area contributed by atoms with E-state index >= 15 is 0 Å². The number of Topliss-reactive ketones (excluding diaryl/α,β-unsaturated/α-hetero) is 1. The topological polar surface area (TPSA) is 72.9 Å². The standard InChI is InChI=1S/C26H25F6NO5/c1-15(16-10-18(25(27,28)29)12-19(11-16)26(30,31)32)37-14-24(17-8-6-5-7-9-17)13-20(34)21(35)33(24)22(36)38-23(2,3)4/h5-12,15H,13-14H2,1-4H3/t15-,24-/m1/s1. The highest BCUT2D eigenvalue weighted by Gasteiger charge is 2.56. The Hall–Kier alpha value is -3.41. The molecule has 6 nitrogen and oxygen atoms in total. The SMILES string of the molecule is C[C@@H](OC[C@@]1(c2ccccc2)CC(=O)C(=O)N1C(=O)OC(C)(C)C)c1cc(C(F)(F)F)cc(C(F)(F)F)c1. The molecule has 0 aliphatic carbocycles. The second-order valence-corrected chi connectivity index (χ2v) is 9.91. The van der Waals surface area contributed by atoms with Gasteiger partial charge >= 0.3 is 18.4 Å². The molecule has 1 saturated heterocycles. The number of halogens is 6. The molecule has 0 spiro atoms. The van der Waals surface area contributed by atoms with E-state index in [9.17, 15) is 40.7 Å². The molecule has 2 amide bonds. The molecular formula is C26H25F6NO5. The second-order valence-electron chi connectivity index (χ2n) is 9.91. The fourth-order valence-electron chi connectivity index (χ4n) is 4.06. The molecule has 1 heterocycles. The molecule has 0 N–H and O–H groups in total. The summed E-state index contributed by atoms with van der Waals surface area (Å²) in [6.45, 7) is 5.25. The number of amides is 2. The van der Waals surface area contributed by atoms with Gasteiger partial charge < -0.3 is 9.47 Å². The lowest BCUT2D eigenvalue weighted by Crippen LogP contribution is -2.51. The zero-order valence-corrected chi connectivity index (χ0v) is 20.9. The van der Waals surface area contributed by atoms with Crippen LogP contribution in [0.1, 0.15) is 62.5 Å². The Kier molecular flexibility index (Phi) is 7.71. The number of hydrogen-bond donors (Lipinski definition) is 0. The number of rotatable bonds is 5. The van der Waals surface area contributed by atoms with Gasteiger partial charge in [0.1, 0.15) is 11.1 Å². The minimum absolute atomic E-state index is 0.000222. The van der Waals surface area contributed by atoms with Gasteiger partial charge in [-0.25, -0.2) is 9.69 Å². The Labute approximate surface area is 214 Å². The summed E-state index contributed by atoms with van der Waals surface area (Å²) >= 11 is 0. The number of alkyl halides is 6. The van der Waals surface area contributed by atoms with Crippen LogP contribution >= 0.6 is 0 Å². The number of ether oxygens (including phenoxy) is 2. The fraction of sp³-hybridized carbons (Fsp3) is 0.423. The average Bonchev–Trinajstić information content (AvgIpc) is 3.06. The minimum atomic E-state index is -5.06. The number of imide groups is 1. The van der Waals surface area contributed by atoms with Gasteiger partial charge in [-0.05, 0) is 57.0 Å². The molecular weight excluding hydrogens is 520 g/mol. The van der Waals surface area contributed by atoms with Gasteiger partial charge in [0.15, 0.2) is 0 Å². The van der Waals surface area contributed by atoms with E-state index < -0.39 is 77.1 Å². The summed E-state index contributed by atoms with van der Waals surface area (Å²) in [6, 6.07) is 8.88. The van der Waals surface area contributed by atoms with Crippen LogP contribution in [0.2, 0.25) is 0 Å². The first-order valence-corrected chi connectivity index (χ1v) is 11.4. The van der Waals surface area contributed by atoms with Crippen LogP contribution in [0.5, 0.6) is 0 Å². The van der Waals surface area contributed by atoms with Crippen molar-refractivity contribution in [3.8, 4) is 0 Å². The van der Waals surface area contributed by atoms with Crippen molar-refractivity contribution in [3.05, 3.63) is 70.8 Å². The molecule has 0 saturated carbocycles. The van der Waals surface area contributed by atoms with Gasteiger partial charge in [-0.1, -0.05) is 30.3 Å². The third kappa shape index (κ3) is 6.17. The van der Waals surface area contributed by atoms with Gasteiger partial charge in [-0.2, -0.15) is 26.3 Å². The van der Waals surface area contributed by atoms with E-state index in [0.29, 0.717) is 17.0 Å². The molecule has 1 aliphatic heterocycles. The summed E-state index contributed by atoms with van der Waals surface area (Å²) in [4.78, 5) is 39.0. The smallest absolute Gasteiger partial charge is 0.418 e.